The minimum Gasteiger partial charge on any atom is -0.508 e. The summed E-state index contributed by atoms with van der Waals surface area (Å²) in [5.41, 5.74) is -0.456. The highest BCUT2D eigenvalue weighted by Crippen LogP contribution is 2.32. The number of phenols is 1. The van der Waals surface area contributed by atoms with Crippen LogP contribution in [0, 0.1) is 0 Å². The number of anilines is 1. The molecule has 38 heavy (non-hydrogen) atoms. The van der Waals surface area contributed by atoms with E-state index in [9.17, 15) is 19.5 Å². The fourth-order valence-corrected chi connectivity index (χ4v) is 4.15. The molecule has 0 saturated heterocycles. The van der Waals surface area contributed by atoms with Crippen molar-refractivity contribution in [2.24, 2.45) is 0 Å². The lowest BCUT2D eigenvalue weighted by Crippen LogP contribution is -2.57. The third-order valence-corrected chi connectivity index (χ3v) is 5.80. The molecule has 8 nitrogen and oxygen atoms in total. The van der Waals surface area contributed by atoms with Gasteiger partial charge in [-0.1, -0.05) is 42.5 Å². The van der Waals surface area contributed by atoms with Crippen LogP contribution in [-0.2, 0) is 14.3 Å². The van der Waals surface area contributed by atoms with Crippen molar-refractivity contribution in [1.29, 1.82) is 0 Å². The summed E-state index contributed by atoms with van der Waals surface area (Å²) in [6.07, 6.45) is -0.728. The molecule has 0 saturated carbocycles. The number of ether oxygens (including phenoxy) is 1. The van der Waals surface area contributed by atoms with E-state index < -0.39 is 41.1 Å². The van der Waals surface area contributed by atoms with E-state index >= 15 is 0 Å². The number of carbonyl (C=O) groups is 3. The number of nitrogens with zero attached hydrogens (tertiary/aromatic N) is 1. The fourth-order valence-electron chi connectivity index (χ4n) is 4.15. The van der Waals surface area contributed by atoms with E-state index in [1.54, 1.807) is 39.8 Å². The average molecular weight is 520 g/mol. The summed E-state index contributed by atoms with van der Waals surface area (Å²) in [6, 6.07) is 17.5. The van der Waals surface area contributed by atoms with Crippen LogP contribution in [0.1, 0.15) is 60.1 Å². The Kier molecular flexibility index (Phi) is 8.35. The standard InChI is InChI=1S/C30H37N3O5/c1-19(31-28(37)38-30(5,6)7)27(36)33(29(2,3)4)25(21-13-16-24(34)17-14-21)26(35)32-23-15-12-20-10-8-9-11-22(20)18-23/h8-19,25,34H,1-7H3,(H,31,37)(H,32,35). The Morgan fingerprint density at radius 1 is 0.868 bits per heavy atom. The highest BCUT2D eigenvalue weighted by atomic mass is 16.6. The van der Waals surface area contributed by atoms with Crippen molar-refractivity contribution in [3.63, 3.8) is 0 Å². The fraction of sp³-hybridized carbons (Fsp3) is 0.367. The van der Waals surface area contributed by atoms with Crippen molar-refractivity contribution < 1.29 is 24.2 Å². The average Bonchev–Trinajstić information content (AvgIpc) is 2.80. The van der Waals surface area contributed by atoms with Gasteiger partial charge in [0.1, 0.15) is 23.4 Å². The zero-order valence-corrected chi connectivity index (χ0v) is 23.0. The van der Waals surface area contributed by atoms with E-state index in [0.29, 0.717) is 11.3 Å². The normalized spacial score (nSPS) is 13.3. The Labute approximate surface area is 224 Å². The molecule has 3 aromatic rings. The molecule has 2 unspecified atom stereocenters. The molecule has 0 heterocycles. The number of benzene rings is 3. The Morgan fingerprint density at radius 3 is 2.05 bits per heavy atom. The second-order valence-corrected chi connectivity index (χ2v) is 11.3. The van der Waals surface area contributed by atoms with Crippen LogP contribution >= 0.6 is 0 Å². The summed E-state index contributed by atoms with van der Waals surface area (Å²) in [6.45, 7) is 12.2. The zero-order valence-electron chi connectivity index (χ0n) is 23.0. The lowest BCUT2D eigenvalue weighted by molar-refractivity contribution is -0.146. The van der Waals surface area contributed by atoms with Gasteiger partial charge in [-0.2, -0.15) is 0 Å². The monoisotopic (exact) mass is 519 g/mol. The van der Waals surface area contributed by atoms with Gasteiger partial charge < -0.3 is 25.4 Å². The molecule has 0 aliphatic heterocycles. The summed E-state index contributed by atoms with van der Waals surface area (Å²) >= 11 is 0. The number of phenolic OH excluding ortho intramolecular Hbond substituents is 1. The van der Waals surface area contributed by atoms with Crippen LogP contribution in [0.4, 0.5) is 10.5 Å². The molecule has 0 aliphatic rings. The van der Waals surface area contributed by atoms with Gasteiger partial charge in [0.05, 0.1) is 0 Å². The molecule has 0 fully saturated rings. The van der Waals surface area contributed by atoms with Gasteiger partial charge in [0.2, 0.25) is 5.91 Å². The largest absolute Gasteiger partial charge is 0.508 e. The molecule has 0 aliphatic carbocycles. The number of amides is 3. The van der Waals surface area contributed by atoms with Crippen molar-refractivity contribution in [3.05, 3.63) is 72.3 Å². The van der Waals surface area contributed by atoms with Crippen LogP contribution in [0.3, 0.4) is 0 Å². The van der Waals surface area contributed by atoms with Gasteiger partial charge in [-0.25, -0.2) is 4.79 Å². The molecule has 0 spiro atoms. The zero-order chi connectivity index (χ0) is 28.3. The van der Waals surface area contributed by atoms with Crippen molar-refractivity contribution in [1.82, 2.24) is 10.2 Å². The van der Waals surface area contributed by atoms with Crippen LogP contribution < -0.4 is 10.6 Å². The van der Waals surface area contributed by atoms with Crippen LogP contribution in [0.25, 0.3) is 10.8 Å². The Balaban J connectivity index is 1.98. The first-order valence-electron chi connectivity index (χ1n) is 12.6. The maximum atomic E-state index is 13.9. The van der Waals surface area contributed by atoms with Gasteiger partial charge in [0.25, 0.3) is 5.91 Å². The van der Waals surface area contributed by atoms with Crippen molar-refractivity contribution in [2.75, 3.05) is 5.32 Å². The molecule has 0 aromatic heterocycles. The van der Waals surface area contributed by atoms with Gasteiger partial charge in [0.15, 0.2) is 0 Å². The highest BCUT2D eigenvalue weighted by Gasteiger charge is 2.40. The van der Waals surface area contributed by atoms with Crippen molar-refractivity contribution in [3.8, 4) is 5.75 Å². The summed E-state index contributed by atoms with van der Waals surface area (Å²) in [4.78, 5) is 41.6. The molecule has 3 rings (SSSR count). The lowest BCUT2D eigenvalue weighted by atomic mass is 9.95. The third kappa shape index (κ3) is 7.25. The molecule has 202 valence electrons. The number of hydrogen-bond acceptors (Lipinski definition) is 5. The van der Waals surface area contributed by atoms with Gasteiger partial charge in [-0.05, 0) is 89.1 Å². The maximum absolute atomic E-state index is 13.9. The predicted molar refractivity (Wildman–Crippen MR) is 149 cm³/mol. The van der Waals surface area contributed by atoms with E-state index in [4.69, 9.17) is 4.74 Å². The molecule has 3 N–H and O–H groups in total. The molecule has 0 radical (unpaired) electrons. The van der Waals surface area contributed by atoms with Gasteiger partial charge in [0, 0.05) is 11.2 Å². The first-order valence-corrected chi connectivity index (χ1v) is 12.6. The summed E-state index contributed by atoms with van der Waals surface area (Å²) in [5, 5.41) is 17.4. The van der Waals surface area contributed by atoms with E-state index in [1.807, 2.05) is 63.2 Å². The van der Waals surface area contributed by atoms with Gasteiger partial charge >= 0.3 is 6.09 Å². The SMILES string of the molecule is CC(NC(=O)OC(C)(C)C)C(=O)N(C(C(=O)Nc1ccc2ccccc2c1)c1ccc(O)cc1)C(C)(C)C. The lowest BCUT2D eigenvalue weighted by Gasteiger charge is -2.42. The Morgan fingerprint density at radius 2 is 1.47 bits per heavy atom. The number of fused-ring (bicyclic) bond motifs is 1. The first kappa shape index (κ1) is 28.5. The maximum Gasteiger partial charge on any atom is 0.408 e. The van der Waals surface area contributed by atoms with E-state index in [-0.39, 0.29) is 5.75 Å². The van der Waals surface area contributed by atoms with E-state index in [1.165, 1.54) is 17.0 Å². The molecular weight excluding hydrogens is 482 g/mol. The number of rotatable bonds is 6. The molecule has 2 atom stereocenters. The Hall–Kier alpha value is -4.07. The van der Waals surface area contributed by atoms with Gasteiger partial charge in [-0.15, -0.1) is 0 Å². The van der Waals surface area contributed by atoms with Crippen LogP contribution in [0.15, 0.2) is 66.7 Å². The summed E-state index contributed by atoms with van der Waals surface area (Å²) < 4.78 is 5.32. The minimum atomic E-state index is -1.06. The molecular formula is C30H37N3O5. The van der Waals surface area contributed by atoms with E-state index in [0.717, 1.165) is 10.8 Å². The van der Waals surface area contributed by atoms with Crippen LogP contribution in [0.5, 0.6) is 5.75 Å². The quantitative estimate of drug-likeness (QED) is 0.383. The van der Waals surface area contributed by atoms with Gasteiger partial charge in [-0.3, -0.25) is 9.59 Å². The minimum absolute atomic E-state index is 0.0380. The number of alkyl carbamates (subject to hydrolysis) is 1. The third-order valence-electron chi connectivity index (χ3n) is 5.80. The number of carbonyl (C=O) groups excluding carboxylic acids is 3. The van der Waals surface area contributed by atoms with Crippen LogP contribution in [0.2, 0.25) is 0 Å². The summed E-state index contributed by atoms with van der Waals surface area (Å²) in [5.74, 6) is -0.857. The summed E-state index contributed by atoms with van der Waals surface area (Å²) in [7, 11) is 0. The topological polar surface area (TPSA) is 108 Å². The molecule has 3 aromatic carbocycles. The first-order chi connectivity index (χ1) is 17.7. The van der Waals surface area contributed by atoms with Crippen LogP contribution in [-0.4, -0.2) is 45.1 Å². The number of hydrogen-bond donors (Lipinski definition) is 3. The second kappa shape index (κ2) is 11.1. The van der Waals surface area contributed by atoms with E-state index in [2.05, 4.69) is 10.6 Å². The number of nitrogens with one attached hydrogen (secondary N) is 2. The smallest absolute Gasteiger partial charge is 0.408 e. The number of aromatic hydroxyl groups is 1. The highest BCUT2D eigenvalue weighted by molar-refractivity contribution is 6.00. The molecule has 8 heteroatoms. The van der Waals surface area contributed by atoms with Crippen molar-refractivity contribution in [2.45, 2.75) is 71.7 Å². The molecule has 0 bridgehead atoms. The Bertz CT molecular complexity index is 1310. The molecule has 3 amide bonds. The predicted octanol–water partition coefficient (Wildman–Crippen LogP) is 5.77. The van der Waals surface area contributed by atoms with Crippen molar-refractivity contribution >= 4 is 34.4 Å². The second-order valence-electron chi connectivity index (χ2n) is 11.3.